The van der Waals surface area contributed by atoms with Crippen LogP contribution in [0.15, 0.2) is 28.7 Å². The highest BCUT2D eigenvalue weighted by atomic mass is 79.9. The van der Waals surface area contributed by atoms with E-state index in [4.69, 9.17) is 12.2 Å². The second-order valence-electron chi connectivity index (χ2n) is 5.09. The third-order valence-corrected chi connectivity index (χ3v) is 4.71. The van der Waals surface area contributed by atoms with Crippen molar-refractivity contribution < 1.29 is 0 Å². The van der Waals surface area contributed by atoms with Gasteiger partial charge in [-0.05, 0) is 30.3 Å². The van der Waals surface area contributed by atoms with E-state index in [-0.39, 0.29) is 0 Å². The lowest BCUT2D eigenvalue weighted by molar-refractivity contribution is 0.174. The summed E-state index contributed by atoms with van der Waals surface area (Å²) in [5.74, 6) is 0. The summed E-state index contributed by atoms with van der Waals surface area (Å²) in [6.07, 6.45) is 1.11. The predicted octanol–water partition coefficient (Wildman–Crippen LogP) is 2.85. The molecule has 5 heteroatoms. The second kappa shape index (κ2) is 7.96. The Morgan fingerprint density at radius 3 is 2.60 bits per heavy atom. The van der Waals surface area contributed by atoms with E-state index in [1.54, 1.807) is 0 Å². The van der Waals surface area contributed by atoms with Gasteiger partial charge in [0, 0.05) is 43.7 Å². The molecule has 0 unspecified atom stereocenters. The van der Waals surface area contributed by atoms with Crippen LogP contribution in [0.25, 0.3) is 0 Å². The molecule has 1 aliphatic heterocycles. The summed E-state index contributed by atoms with van der Waals surface area (Å²) in [4.78, 5) is 4.76. The maximum atomic E-state index is 5.42. The van der Waals surface area contributed by atoms with Gasteiger partial charge in [0.15, 0.2) is 5.11 Å². The van der Waals surface area contributed by atoms with Gasteiger partial charge in [0.1, 0.15) is 0 Å². The van der Waals surface area contributed by atoms with E-state index >= 15 is 0 Å². The van der Waals surface area contributed by atoms with Crippen LogP contribution in [0.2, 0.25) is 0 Å². The SMILES string of the molecule is CCCNC(=S)N1CCN(Cc2ccccc2Br)CC1. The van der Waals surface area contributed by atoms with Crippen molar-refractivity contribution >= 4 is 33.3 Å². The van der Waals surface area contributed by atoms with E-state index in [0.717, 1.165) is 50.8 Å². The molecule has 0 aromatic heterocycles. The summed E-state index contributed by atoms with van der Waals surface area (Å²) >= 11 is 9.04. The number of nitrogens with zero attached hydrogens (tertiary/aromatic N) is 2. The molecule has 0 amide bonds. The van der Waals surface area contributed by atoms with Crippen molar-refractivity contribution in [3.8, 4) is 0 Å². The zero-order valence-electron chi connectivity index (χ0n) is 11.9. The van der Waals surface area contributed by atoms with Gasteiger partial charge in [0.2, 0.25) is 0 Å². The van der Waals surface area contributed by atoms with Crippen molar-refractivity contribution in [3.63, 3.8) is 0 Å². The lowest BCUT2D eigenvalue weighted by Crippen LogP contribution is -2.51. The smallest absolute Gasteiger partial charge is 0.169 e. The van der Waals surface area contributed by atoms with Gasteiger partial charge in [-0.25, -0.2) is 0 Å². The second-order valence-corrected chi connectivity index (χ2v) is 6.33. The highest BCUT2D eigenvalue weighted by Gasteiger charge is 2.19. The number of nitrogens with one attached hydrogen (secondary N) is 1. The Labute approximate surface area is 135 Å². The van der Waals surface area contributed by atoms with E-state index in [9.17, 15) is 0 Å². The van der Waals surface area contributed by atoms with Gasteiger partial charge in [-0.2, -0.15) is 0 Å². The molecule has 1 heterocycles. The van der Waals surface area contributed by atoms with Gasteiger partial charge >= 0.3 is 0 Å². The number of halogens is 1. The third-order valence-electron chi connectivity index (χ3n) is 3.54. The molecule has 1 N–H and O–H groups in total. The van der Waals surface area contributed by atoms with Crippen molar-refractivity contribution in [1.82, 2.24) is 15.1 Å². The molecule has 1 aliphatic rings. The molecule has 0 spiro atoms. The Bertz CT molecular complexity index is 444. The first-order chi connectivity index (χ1) is 9.70. The fraction of sp³-hybridized carbons (Fsp3) is 0.533. The lowest BCUT2D eigenvalue weighted by Gasteiger charge is -2.36. The topological polar surface area (TPSA) is 18.5 Å². The Morgan fingerprint density at radius 2 is 1.95 bits per heavy atom. The lowest BCUT2D eigenvalue weighted by atomic mass is 10.2. The molecule has 0 bridgehead atoms. The molecule has 1 saturated heterocycles. The molecule has 20 heavy (non-hydrogen) atoms. The first kappa shape index (κ1) is 15.7. The molecule has 0 atom stereocenters. The van der Waals surface area contributed by atoms with Crippen LogP contribution in [-0.4, -0.2) is 47.6 Å². The maximum Gasteiger partial charge on any atom is 0.169 e. The van der Waals surface area contributed by atoms with Gasteiger partial charge < -0.3 is 10.2 Å². The highest BCUT2D eigenvalue weighted by Crippen LogP contribution is 2.18. The van der Waals surface area contributed by atoms with E-state index in [1.165, 1.54) is 10.0 Å². The normalized spacial score (nSPS) is 16.2. The first-order valence-electron chi connectivity index (χ1n) is 7.19. The fourth-order valence-corrected chi connectivity index (χ4v) is 3.02. The van der Waals surface area contributed by atoms with Crippen LogP contribution in [0.3, 0.4) is 0 Å². The number of rotatable bonds is 4. The van der Waals surface area contributed by atoms with E-state index in [2.05, 4.69) is 62.2 Å². The summed E-state index contributed by atoms with van der Waals surface area (Å²) in [5, 5.41) is 4.22. The van der Waals surface area contributed by atoms with Crippen LogP contribution in [0.1, 0.15) is 18.9 Å². The zero-order valence-corrected chi connectivity index (χ0v) is 14.3. The molecule has 2 rings (SSSR count). The average Bonchev–Trinajstić information content (AvgIpc) is 2.48. The molecule has 0 aliphatic carbocycles. The minimum absolute atomic E-state index is 0.910. The van der Waals surface area contributed by atoms with Gasteiger partial charge in [0.25, 0.3) is 0 Å². The molecule has 1 aromatic carbocycles. The first-order valence-corrected chi connectivity index (χ1v) is 8.39. The van der Waals surface area contributed by atoms with Crippen molar-refractivity contribution in [2.24, 2.45) is 0 Å². The minimum atomic E-state index is 0.910. The molecular formula is C15H22BrN3S. The quantitative estimate of drug-likeness (QED) is 0.836. The van der Waals surface area contributed by atoms with E-state index in [1.807, 2.05) is 0 Å². The van der Waals surface area contributed by atoms with Crippen molar-refractivity contribution in [2.45, 2.75) is 19.9 Å². The van der Waals surface area contributed by atoms with Gasteiger partial charge in [0.05, 0.1) is 0 Å². The Balaban J connectivity index is 1.80. The fourth-order valence-electron chi connectivity index (χ4n) is 2.32. The summed E-state index contributed by atoms with van der Waals surface area (Å²) < 4.78 is 1.20. The molecule has 1 fully saturated rings. The Morgan fingerprint density at radius 1 is 1.25 bits per heavy atom. The van der Waals surface area contributed by atoms with Crippen LogP contribution in [-0.2, 0) is 6.54 Å². The third kappa shape index (κ3) is 4.43. The van der Waals surface area contributed by atoms with E-state index < -0.39 is 0 Å². The molecule has 3 nitrogen and oxygen atoms in total. The van der Waals surface area contributed by atoms with Crippen LogP contribution >= 0.6 is 28.1 Å². The number of hydrogen-bond donors (Lipinski definition) is 1. The van der Waals surface area contributed by atoms with Crippen molar-refractivity contribution in [3.05, 3.63) is 34.3 Å². The predicted molar refractivity (Wildman–Crippen MR) is 91.9 cm³/mol. The Kier molecular flexibility index (Phi) is 6.26. The molecular weight excluding hydrogens is 334 g/mol. The minimum Gasteiger partial charge on any atom is -0.363 e. The Hall–Kier alpha value is -0.650. The monoisotopic (exact) mass is 355 g/mol. The van der Waals surface area contributed by atoms with Crippen LogP contribution in [0.4, 0.5) is 0 Å². The van der Waals surface area contributed by atoms with Crippen LogP contribution < -0.4 is 5.32 Å². The number of piperazine rings is 1. The standard InChI is InChI=1S/C15H22BrN3S/c1-2-7-17-15(20)19-10-8-18(9-11-19)12-13-5-3-4-6-14(13)16/h3-6H,2,7-12H2,1H3,(H,17,20). The van der Waals surface area contributed by atoms with E-state index in [0.29, 0.717) is 0 Å². The number of thiocarbonyl (C=S) groups is 1. The molecule has 1 aromatic rings. The summed E-state index contributed by atoms with van der Waals surface area (Å²) in [6, 6.07) is 8.45. The van der Waals surface area contributed by atoms with Gasteiger partial charge in [-0.3, -0.25) is 4.90 Å². The highest BCUT2D eigenvalue weighted by molar-refractivity contribution is 9.10. The van der Waals surface area contributed by atoms with Gasteiger partial charge in [-0.15, -0.1) is 0 Å². The van der Waals surface area contributed by atoms with Crippen molar-refractivity contribution in [1.29, 1.82) is 0 Å². The summed E-state index contributed by atoms with van der Waals surface area (Å²) in [7, 11) is 0. The maximum absolute atomic E-state index is 5.42. The number of benzene rings is 1. The van der Waals surface area contributed by atoms with Crippen LogP contribution in [0.5, 0.6) is 0 Å². The molecule has 110 valence electrons. The largest absolute Gasteiger partial charge is 0.363 e. The average molecular weight is 356 g/mol. The molecule has 0 radical (unpaired) electrons. The van der Waals surface area contributed by atoms with Crippen molar-refractivity contribution in [2.75, 3.05) is 32.7 Å². The van der Waals surface area contributed by atoms with Gasteiger partial charge in [-0.1, -0.05) is 41.1 Å². The van der Waals surface area contributed by atoms with Crippen LogP contribution in [0, 0.1) is 0 Å². The zero-order chi connectivity index (χ0) is 14.4. The summed E-state index contributed by atoms with van der Waals surface area (Å²) in [5.41, 5.74) is 1.35. The molecule has 0 saturated carbocycles. The number of hydrogen-bond acceptors (Lipinski definition) is 2. The summed E-state index contributed by atoms with van der Waals surface area (Å²) in [6.45, 7) is 8.29.